The Hall–Kier alpha value is -4.30. The van der Waals surface area contributed by atoms with E-state index in [0.717, 1.165) is 28.8 Å². The molecule has 14 heteroatoms. The Morgan fingerprint density at radius 1 is 1.24 bits per heavy atom. The van der Waals surface area contributed by atoms with Gasteiger partial charge in [-0.25, -0.2) is 9.78 Å². The first kappa shape index (κ1) is 25.8. The van der Waals surface area contributed by atoms with E-state index in [2.05, 4.69) is 20.6 Å². The highest BCUT2D eigenvalue weighted by molar-refractivity contribution is 7.12. The van der Waals surface area contributed by atoms with Gasteiger partial charge in [0.05, 0.1) is 37.1 Å². The smallest absolute Gasteiger partial charge is 0.350 e. The highest BCUT2D eigenvalue weighted by Crippen LogP contribution is 2.39. The van der Waals surface area contributed by atoms with Crippen molar-refractivity contribution in [3.05, 3.63) is 50.3 Å². The molecule has 13 nitrogen and oxygen atoms in total. The van der Waals surface area contributed by atoms with E-state index < -0.39 is 10.9 Å². The van der Waals surface area contributed by atoms with Crippen LogP contribution in [0, 0.1) is 10.1 Å². The fraction of sp³-hybridized carbons (Fsp3) is 0.304. The molecule has 0 fully saturated rings. The summed E-state index contributed by atoms with van der Waals surface area (Å²) in [6.45, 7) is 0.824. The van der Waals surface area contributed by atoms with E-state index in [4.69, 9.17) is 9.47 Å². The summed E-state index contributed by atoms with van der Waals surface area (Å²) in [5, 5.41) is 19.2. The van der Waals surface area contributed by atoms with E-state index in [1.54, 1.807) is 27.3 Å². The SMILES string of the molecule is COC(=O)c1sccc1Nc1nc(Nc2cc3c(cc2OC)CCN3C(=O)CN(C)C)ncc1[N+](=O)[O-]. The lowest BCUT2D eigenvalue weighted by atomic mass is 10.1. The Labute approximate surface area is 216 Å². The van der Waals surface area contributed by atoms with Gasteiger partial charge in [-0.15, -0.1) is 11.3 Å². The van der Waals surface area contributed by atoms with Gasteiger partial charge in [0.2, 0.25) is 17.7 Å². The molecule has 0 radical (unpaired) electrons. The first-order valence-electron chi connectivity index (χ1n) is 11.1. The van der Waals surface area contributed by atoms with Gasteiger partial charge < -0.3 is 29.9 Å². The zero-order valence-electron chi connectivity index (χ0n) is 20.6. The molecule has 194 valence electrons. The maximum atomic E-state index is 12.7. The van der Waals surface area contributed by atoms with Crippen molar-refractivity contribution in [1.82, 2.24) is 14.9 Å². The van der Waals surface area contributed by atoms with Crippen LogP contribution in [0.15, 0.2) is 29.8 Å². The van der Waals surface area contributed by atoms with Gasteiger partial charge in [-0.1, -0.05) is 0 Å². The Balaban J connectivity index is 1.67. The zero-order chi connectivity index (χ0) is 26.7. The van der Waals surface area contributed by atoms with Crippen molar-refractivity contribution in [2.75, 3.05) is 56.9 Å². The molecule has 3 heterocycles. The number of methoxy groups -OCH3 is 2. The molecule has 1 amide bonds. The monoisotopic (exact) mass is 527 g/mol. The molecule has 3 aromatic rings. The van der Waals surface area contributed by atoms with Crippen LogP contribution >= 0.6 is 11.3 Å². The van der Waals surface area contributed by atoms with Gasteiger partial charge in [-0.3, -0.25) is 14.9 Å². The molecule has 1 aliphatic rings. The predicted octanol–water partition coefficient (Wildman–Crippen LogP) is 3.18. The number of benzene rings is 1. The van der Waals surface area contributed by atoms with Crippen molar-refractivity contribution in [3.8, 4) is 5.75 Å². The molecule has 2 N–H and O–H groups in total. The van der Waals surface area contributed by atoms with Crippen LogP contribution in [0.1, 0.15) is 15.2 Å². The number of likely N-dealkylation sites (N-methyl/N-ethyl adjacent to an activating group) is 1. The number of nitrogens with zero attached hydrogens (tertiary/aromatic N) is 5. The van der Waals surface area contributed by atoms with Gasteiger partial charge in [-0.05, 0) is 49.7 Å². The van der Waals surface area contributed by atoms with Crippen LogP contribution in [0.3, 0.4) is 0 Å². The van der Waals surface area contributed by atoms with E-state index >= 15 is 0 Å². The van der Waals surface area contributed by atoms with E-state index in [9.17, 15) is 19.7 Å². The number of thiophene rings is 1. The number of carbonyl (C=O) groups is 2. The molecular weight excluding hydrogens is 502 g/mol. The summed E-state index contributed by atoms with van der Waals surface area (Å²) in [6, 6.07) is 5.22. The molecule has 1 aliphatic heterocycles. The molecule has 0 bridgehead atoms. The number of amides is 1. The molecule has 37 heavy (non-hydrogen) atoms. The summed E-state index contributed by atoms with van der Waals surface area (Å²) in [4.78, 5) is 47.9. The third kappa shape index (κ3) is 5.44. The fourth-order valence-corrected chi connectivity index (χ4v) is 4.63. The van der Waals surface area contributed by atoms with Crippen LogP contribution in [-0.4, -0.2) is 73.1 Å². The first-order valence-corrected chi connectivity index (χ1v) is 12.0. The van der Waals surface area contributed by atoms with Crippen molar-refractivity contribution in [1.29, 1.82) is 0 Å². The number of nitrogens with one attached hydrogen (secondary N) is 2. The highest BCUT2D eigenvalue weighted by Gasteiger charge is 2.27. The van der Waals surface area contributed by atoms with Crippen LogP contribution < -0.4 is 20.3 Å². The highest BCUT2D eigenvalue weighted by atomic mass is 32.1. The topological polar surface area (TPSA) is 152 Å². The van der Waals surface area contributed by atoms with E-state index in [1.165, 1.54) is 14.2 Å². The summed E-state index contributed by atoms with van der Waals surface area (Å²) in [5.41, 5.74) is 2.13. The number of aromatic nitrogens is 2. The summed E-state index contributed by atoms with van der Waals surface area (Å²) in [7, 11) is 6.43. The average Bonchev–Trinajstić information content (AvgIpc) is 3.49. The van der Waals surface area contributed by atoms with Crippen molar-refractivity contribution in [3.63, 3.8) is 0 Å². The quantitative estimate of drug-likeness (QED) is 0.240. The lowest BCUT2D eigenvalue weighted by Crippen LogP contribution is -2.36. The Bertz CT molecular complexity index is 1360. The maximum Gasteiger partial charge on any atom is 0.350 e. The second kappa shape index (κ2) is 10.8. The van der Waals surface area contributed by atoms with Gasteiger partial charge in [0, 0.05) is 12.2 Å². The Kier molecular flexibility index (Phi) is 7.50. The van der Waals surface area contributed by atoms with Gasteiger partial charge in [0.15, 0.2) is 0 Å². The van der Waals surface area contributed by atoms with Crippen molar-refractivity contribution >= 4 is 57.7 Å². The lowest BCUT2D eigenvalue weighted by Gasteiger charge is -2.21. The molecule has 0 aliphatic carbocycles. The van der Waals surface area contributed by atoms with Gasteiger partial charge >= 0.3 is 11.7 Å². The standard InChI is InChI=1S/C23H25N7O6S/c1-28(2)12-19(31)29-7-5-13-9-18(35-3)15(10-16(13)29)26-23-24-11-17(30(33)34)21(27-23)25-14-6-8-37-20(14)22(32)36-4/h6,8-11H,5,7,12H2,1-4H3,(H2,24,25,26,27). The number of carbonyl (C=O) groups excluding carboxylic acids is 2. The lowest BCUT2D eigenvalue weighted by molar-refractivity contribution is -0.384. The molecule has 1 aromatic carbocycles. The fourth-order valence-electron chi connectivity index (χ4n) is 3.86. The van der Waals surface area contributed by atoms with Crippen molar-refractivity contribution in [2.24, 2.45) is 0 Å². The molecule has 0 unspecified atom stereocenters. The minimum Gasteiger partial charge on any atom is -0.495 e. The number of ether oxygens (including phenoxy) is 2. The molecule has 2 aromatic heterocycles. The predicted molar refractivity (Wildman–Crippen MR) is 139 cm³/mol. The molecule has 0 atom stereocenters. The third-order valence-corrected chi connectivity index (χ3v) is 6.44. The summed E-state index contributed by atoms with van der Waals surface area (Å²) in [5.74, 6) is -0.179. The Morgan fingerprint density at radius 2 is 2.03 bits per heavy atom. The van der Waals surface area contributed by atoms with Crippen LogP contribution in [0.25, 0.3) is 0 Å². The molecule has 0 saturated carbocycles. The van der Waals surface area contributed by atoms with E-state index in [0.29, 0.717) is 30.1 Å². The van der Waals surface area contributed by atoms with Crippen molar-refractivity contribution < 1.29 is 24.0 Å². The zero-order valence-corrected chi connectivity index (χ0v) is 21.4. The number of nitro groups is 1. The van der Waals surface area contributed by atoms with Crippen LogP contribution in [0.5, 0.6) is 5.75 Å². The number of fused-ring (bicyclic) bond motifs is 1. The minimum absolute atomic E-state index is 0.0323. The van der Waals surface area contributed by atoms with Gasteiger partial charge in [-0.2, -0.15) is 4.98 Å². The largest absolute Gasteiger partial charge is 0.495 e. The first-order chi connectivity index (χ1) is 17.7. The molecular formula is C23H25N7O6S. The number of esters is 1. The average molecular weight is 528 g/mol. The van der Waals surface area contributed by atoms with E-state index in [1.807, 2.05) is 20.2 Å². The Morgan fingerprint density at radius 3 is 2.70 bits per heavy atom. The van der Waals surface area contributed by atoms with Crippen LogP contribution in [0.4, 0.5) is 34.5 Å². The minimum atomic E-state index is -0.624. The van der Waals surface area contributed by atoms with Gasteiger partial charge in [0.1, 0.15) is 16.8 Å². The molecule has 0 saturated heterocycles. The van der Waals surface area contributed by atoms with Crippen LogP contribution in [-0.2, 0) is 16.0 Å². The summed E-state index contributed by atoms with van der Waals surface area (Å²) >= 11 is 1.13. The second-order valence-electron chi connectivity index (χ2n) is 8.30. The summed E-state index contributed by atoms with van der Waals surface area (Å²) < 4.78 is 10.3. The van der Waals surface area contributed by atoms with Crippen LogP contribution in [0.2, 0.25) is 0 Å². The summed E-state index contributed by atoms with van der Waals surface area (Å²) in [6.07, 6.45) is 1.75. The molecule has 0 spiro atoms. The third-order valence-electron chi connectivity index (χ3n) is 5.55. The maximum absolute atomic E-state index is 12.7. The molecule has 4 rings (SSSR count). The normalized spacial score (nSPS) is 12.3. The second-order valence-corrected chi connectivity index (χ2v) is 9.22. The number of hydrogen-bond donors (Lipinski definition) is 2. The number of rotatable bonds is 9. The van der Waals surface area contributed by atoms with Gasteiger partial charge in [0.25, 0.3) is 0 Å². The number of hydrogen-bond acceptors (Lipinski definition) is 12. The van der Waals surface area contributed by atoms with Crippen molar-refractivity contribution in [2.45, 2.75) is 6.42 Å². The number of anilines is 5. The van der Waals surface area contributed by atoms with E-state index in [-0.39, 0.29) is 34.8 Å².